The van der Waals surface area contributed by atoms with Gasteiger partial charge in [0, 0.05) is 17.7 Å². The molecule has 100 valence electrons. The lowest BCUT2D eigenvalue weighted by Crippen LogP contribution is -2.49. The Balaban J connectivity index is 1.94. The van der Waals surface area contributed by atoms with Crippen molar-refractivity contribution in [2.24, 2.45) is 0 Å². The molecule has 2 unspecified atom stereocenters. The van der Waals surface area contributed by atoms with Gasteiger partial charge in [0.15, 0.2) is 0 Å². The highest BCUT2D eigenvalue weighted by Crippen LogP contribution is 2.20. The molecule has 0 radical (unpaired) electrons. The van der Waals surface area contributed by atoms with Gasteiger partial charge >= 0.3 is 0 Å². The van der Waals surface area contributed by atoms with Gasteiger partial charge in [0.2, 0.25) is 0 Å². The molecule has 1 saturated heterocycles. The predicted octanol–water partition coefficient (Wildman–Crippen LogP) is 2.88. The van der Waals surface area contributed by atoms with Crippen LogP contribution in [0.25, 0.3) is 0 Å². The van der Waals surface area contributed by atoms with Crippen LogP contribution in [0.15, 0.2) is 24.3 Å². The summed E-state index contributed by atoms with van der Waals surface area (Å²) in [6.07, 6.45) is 2.20. The second-order valence-corrected chi connectivity index (χ2v) is 4.97. The smallest absolute Gasteiger partial charge is 0.137 e. The van der Waals surface area contributed by atoms with E-state index in [0.29, 0.717) is 12.6 Å². The van der Waals surface area contributed by atoms with Gasteiger partial charge in [-0.05, 0) is 43.7 Å². The van der Waals surface area contributed by atoms with Crippen molar-refractivity contribution in [3.8, 4) is 5.75 Å². The fourth-order valence-electron chi connectivity index (χ4n) is 2.08. The SMILES string of the molecule is CCCNC1CCOCC1Oc1ccc(Cl)cc1. The summed E-state index contributed by atoms with van der Waals surface area (Å²) in [5.41, 5.74) is 0. The third-order valence-corrected chi connectivity index (χ3v) is 3.31. The zero-order chi connectivity index (χ0) is 12.8. The molecule has 1 aromatic rings. The molecule has 2 atom stereocenters. The second kappa shape index (κ2) is 6.98. The summed E-state index contributed by atoms with van der Waals surface area (Å²) in [5, 5.41) is 4.25. The van der Waals surface area contributed by atoms with E-state index in [9.17, 15) is 0 Å². The first-order valence-electron chi connectivity index (χ1n) is 6.53. The highest BCUT2D eigenvalue weighted by Gasteiger charge is 2.26. The first-order chi connectivity index (χ1) is 8.79. The van der Waals surface area contributed by atoms with Crippen LogP contribution in [0, 0.1) is 0 Å². The van der Waals surface area contributed by atoms with Gasteiger partial charge in [-0.15, -0.1) is 0 Å². The summed E-state index contributed by atoms with van der Waals surface area (Å²) < 4.78 is 11.5. The number of hydrogen-bond acceptors (Lipinski definition) is 3. The molecule has 2 rings (SSSR count). The van der Waals surface area contributed by atoms with Crippen molar-refractivity contribution >= 4 is 11.6 Å². The molecule has 1 heterocycles. The van der Waals surface area contributed by atoms with Crippen LogP contribution < -0.4 is 10.1 Å². The molecule has 1 aliphatic heterocycles. The Kier molecular flexibility index (Phi) is 5.29. The summed E-state index contributed by atoms with van der Waals surface area (Å²) >= 11 is 5.86. The average Bonchev–Trinajstić information content (AvgIpc) is 2.40. The van der Waals surface area contributed by atoms with E-state index < -0.39 is 0 Å². The molecular formula is C14H20ClNO2. The highest BCUT2D eigenvalue weighted by molar-refractivity contribution is 6.30. The van der Waals surface area contributed by atoms with Crippen LogP contribution in [0.2, 0.25) is 5.02 Å². The molecule has 0 saturated carbocycles. The molecular weight excluding hydrogens is 250 g/mol. The molecule has 1 fully saturated rings. The molecule has 1 N–H and O–H groups in total. The first kappa shape index (κ1) is 13.7. The third-order valence-electron chi connectivity index (χ3n) is 3.06. The molecule has 1 aromatic carbocycles. The standard InChI is InChI=1S/C14H20ClNO2/c1-2-8-16-13-7-9-17-10-14(13)18-12-5-3-11(15)4-6-12/h3-6,13-14,16H,2,7-10H2,1H3. The molecule has 1 aliphatic rings. The van der Waals surface area contributed by atoms with E-state index >= 15 is 0 Å². The van der Waals surface area contributed by atoms with Crippen molar-refractivity contribution in [3.63, 3.8) is 0 Å². The lowest BCUT2D eigenvalue weighted by molar-refractivity contribution is -0.0146. The summed E-state index contributed by atoms with van der Waals surface area (Å²) in [5.74, 6) is 0.846. The van der Waals surface area contributed by atoms with E-state index in [2.05, 4.69) is 12.2 Å². The van der Waals surface area contributed by atoms with Crippen LogP contribution >= 0.6 is 11.6 Å². The Morgan fingerprint density at radius 2 is 2.17 bits per heavy atom. The first-order valence-corrected chi connectivity index (χ1v) is 6.90. The Bertz CT molecular complexity index is 355. The summed E-state index contributed by atoms with van der Waals surface area (Å²) in [6.45, 7) is 4.64. The summed E-state index contributed by atoms with van der Waals surface area (Å²) in [6, 6.07) is 7.85. The number of halogens is 1. The molecule has 0 bridgehead atoms. The lowest BCUT2D eigenvalue weighted by Gasteiger charge is -2.32. The zero-order valence-electron chi connectivity index (χ0n) is 10.7. The molecule has 0 spiro atoms. The lowest BCUT2D eigenvalue weighted by atomic mass is 10.1. The molecule has 0 amide bonds. The van der Waals surface area contributed by atoms with Crippen LogP contribution in [0.1, 0.15) is 19.8 Å². The van der Waals surface area contributed by atoms with E-state index in [0.717, 1.165) is 36.8 Å². The maximum Gasteiger partial charge on any atom is 0.137 e. The number of ether oxygens (including phenoxy) is 2. The van der Waals surface area contributed by atoms with Crippen molar-refractivity contribution in [1.29, 1.82) is 0 Å². The van der Waals surface area contributed by atoms with Crippen LogP contribution in [0.5, 0.6) is 5.75 Å². The molecule has 0 aliphatic carbocycles. The highest BCUT2D eigenvalue weighted by atomic mass is 35.5. The fraction of sp³-hybridized carbons (Fsp3) is 0.571. The number of hydrogen-bond donors (Lipinski definition) is 1. The van der Waals surface area contributed by atoms with Gasteiger partial charge in [-0.2, -0.15) is 0 Å². The van der Waals surface area contributed by atoms with Crippen molar-refractivity contribution in [2.75, 3.05) is 19.8 Å². The monoisotopic (exact) mass is 269 g/mol. The van der Waals surface area contributed by atoms with Gasteiger partial charge in [0.1, 0.15) is 11.9 Å². The quantitative estimate of drug-likeness (QED) is 0.892. The zero-order valence-corrected chi connectivity index (χ0v) is 11.5. The predicted molar refractivity (Wildman–Crippen MR) is 73.4 cm³/mol. The van der Waals surface area contributed by atoms with Crippen LogP contribution in [0.4, 0.5) is 0 Å². The van der Waals surface area contributed by atoms with Gasteiger partial charge in [-0.3, -0.25) is 0 Å². The van der Waals surface area contributed by atoms with Gasteiger partial charge in [0.25, 0.3) is 0 Å². The largest absolute Gasteiger partial charge is 0.486 e. The maximum absolute atomic E-state index is 5.97. The fourth-order valence-corrected chi connectivity index (χ4v) is 2.21. The Labute approximate surface area is 113 Å². The Hall–Kier alpha value is -0.770. The molecule has 3 nitrogen and oxygen atoms in total. The van der Waals surface area contributed by atoms with Gasteiger partial charge in [0.05, 0.1) is 6.61 Å². The number of nitrogens with one attached hydrogen (secondary N) is 1. The van der Waals surface area contributed by atoms with E-state index in [1.807, 2.05) is 24.3 Å². The minimum atomic E-state index is 0.0754. The van der Waals surface area contributed by atoms with Crippen LogP contribution in [-0.2, 0) is 4.74 Å². The van der Waals surface area contributed by atoms with Gasteiger partial charge in [-0.1, -0.05) is 18.5 Å². The van der Waals surface area contributed by atoms with E-state index in [1.165, 1.54) is 0 Å². The van der Waals surface area contributed by atoms with Gasteiger partial charge < -0.3 is 14.8 Å². The molecule has 18 heavy (non-hydrogen) atoms. The summed E-state index contributed by atoms with van der Waals surface area (Å²) in [7, 11) is 0. The Morgan fingerprint density at radius 3 is 2.89 bits per heavy atom. The van der Waals surface area contributed by atoms with Crippen molar-refractivity contribution < 1.29 is 9.47 Å². The summed E-state index contributed by atoms with van der Waals surface area (Å²) in [4.78, 5) is 0. The number of rotatable bonds is 5. The maximum atomic E-state index is 5.97. The Morgan fingerprint density at radius 1 is 1.39 bits per heavy atom. The number of benzene rings is 1. The van der Waals surface area contributed by atoms with E-state index in [1.54, 1.807) is 0 Å². The van der Waals surface area contributed by atoms with Crippen LogP contribution in [-0.4, -0.2) is 31.9 Å². The van der Waals surface area contributed by atoms with E-state index in [4.69, 9.17) is 21.1 Å². The normalized spacial score (nSPS) is 23.9. The topological polar surface area (TPSA) is 30.5 Å². The third kappa shape index (κ3) is 3.87. The molecule has 0 aromatic heterocycles. The minimum absolute atomic E-state index is 0.0754. The average molecular weight is 270 g/mol. The molecule has 4 heteroatoms. The van der Waals surface area contributed by atoms with Crippen molar-refractivity contribution in [2.45, 2.75) is 31.9 Å². The second-order valence-electron chi connectivity index (χ2n) is 4.53. The van der Waals surface area contributed by atoms with Crippen molar-refractivity contribution in [1.82, 2.24) is 5.32 Å². The van der Waals surface area contributed by atoms with E-state index in [-0.39, 0.29) is 6.10 Å². The minimum Gasteiger partial charge on any atom is -0.486 e. The van der Waals surface area contributed by atoms with Gasteiger partial charge in [-0.25, -0.2) is 0 Å². The van der Waals surface area contributed by atoms with Crippen molar-refractivity contribution in [3.05, 3.63) is 29.3 Å². The van der Waals surface area contributed by atoms with Crippen LogP contribution in [0.3, 0.4) is 0 Å².